The molecule has 0 spiro atoms. The Hall–Kier alpha value is -3.79. The summed E-state index contributed by atoms with van der Waals surface area (Å²) in [4.78, 5) is 31.1. The number of aromatic nitrogens is 4. The Morgan fingerprint density at radius 2 is 2.05 bits per heavy atom. The van der Waals surface area contributed by atoms with E-state index in [-0.39, 0.29) is 0 Å². The highest BCUT2D eigenvalue weighted by Gasteiger charge is 2.19. The summed E-state index contributed by atoms with van der Waals surface area (Å²) in [6, 6.07) is 10.8. The highest BCUT2D eigenvalue weighted by Crippen LogP contribution is 2.20. The van der Waals surface area contributed by atoms with Crippen molar-refractivity contribution >= 4 is 17.6 Å². The summed E-state index contributed by atoms with van der Waals surface area (Å²) in [5.74, 6) is 1.21. The van der Waals surface area contributed by atoms with Gasteiger partial charge >= 0.3 is 5.97 Å². The molecule has 4 rings (SSSR count). The lowest BCUT2D eigenvalue weighted by Gasteiger charge is -2.24. The van der Waals surface area contributed by atoms with Crippen molar-refractivity contribution in [1.29, 1.82) is 0 Å². The van der Waals surface area contributed by atoms with E-state index < -0.39 is 12.0 Å². The minimum Gasteiger partial charge on any atom is -0.480 e. The number of carboxylic acids is 1. The van der Waals surface area contributed by atoms with Gasteiger partial charge in [-0.05, 0) is 68.8 Å². The van der Waals surface area contributed by atoms with Gasteiger partial charge in [-0.1, -0.05) is 12.1 Å². The molecule has 0 aromatic carbocycles. The Labute approximate surface area is 217 Å². The lowest BCUT2D eigenvalue weighted by molar-refractivity contribution is -0.138. The molecule has 0 unspecified atom stereocenters. The predicted octanol–water partition coefficient (Wildman–Crippen LogP) is 3.28. The molecule has 196 valence electrons. The standard InChI is InChI=1S/C27H35N7O3/c35-27(36)23(33-24-11-15-28-20-31-24)12-17-34(18-19-37-25-8-1-3-13-29-25)16-4-2-7-22-10-9-21-6-5-14-30-26(21)32-22/h1,3,8-11,13,15,20,23H,2,4-7,12,14,16-19H2,(H,30,32)(H,35,36)(H,28,31,33)/t23-/m0/s1. The molecule has 3 aromatic rings. The number of carbonyl (C=O) groups is 1. The van der Waals surface area contributed by atoms with Gasteiger partial charge < -0.3 is 20.5 Å². The summed E-state index contributed by atoms with van der Waals surface area (Å²) in [5, 5.41) is 16.1. The molecular formula is C27H35N7O3. The molecule has 0 saturated carbocycles. The maximum absolute atomic E-state index is 11.9. The van der Waals surface area contributed by atoms with Crippen LogP contribution in [-0.4, -0.2) is 74.7 Å². The summed E-state index contributed by atoms with van der Waals surface area (Å²) in [5.41, 5.74) is 2.41. The number of ether oxygens (including phenoxy) is 1. The second-order valence-electron chi connectivity index (χ2n) is 9.07. The first-order chi connectivity index (χ1) is 18.2. The average Bonchev–Trinajstić information content (AvgIpc) is 2.93. The normalized spacial score (nSPS) is 13.4. The van der Waals surface area contributed by atoms with E-state index in [1.165, 1.54) is 11.9 Å². The molecule has 1 atom stereocenters. The van der Waals surface area contributed by atoms with Crippen LogP contribution in [0.2, 0.25) is 0 Å². The third-order valence-electron chi connectivity index (χ3n) is 6.34. The minimum atomic E-state index is -0.907. The van der Waals surface area contributed by atoms with Crippen molar-refractivity contribution in [3.63, 3.8) is 0 Å². The van der Waals surface area contributed by atoms with Crippen molar-refractivity contribution in [1.82, 2.24) is 24.8 Å². The van der Waals surface area contributed by atoms with E-state index in [9.17, 15) is 9.90 Å². The third-order valence-corrected chi connectivity index (χ3v) is 6.34. The molecule has 0 fully saturated rings. The SMILES string of the molecule is O=C(O)[C@H](CCN(CCCCc1ccc2c(n1)NCCC2)CCOc1ccccn1)Nc1ccncn1. The van der Waals surface area contributed by atoms with E-state index in [2.05, 4.69) is 42.6 Å². The Bertz CT molecular complexity index is 1100. The van der Waals surface area contributed by atoms with E-state index in [0.717, 1.165) is 56.7 Å². The van der Waals surface area contributed by atoms with Crippen molar-refractivity contribution in [2.75, 3.05) is 43.4 Å². The van der Waals surface area contributed by atoms with E-state index >= 15 is 0 Å². The number of nitrogens with zero attached hydrogens (tertiary/aromatic N) is 5. The first kappa shape index (κ1) is 26.3. The summed E-state index contributed by atoms with van der Waals surface area (Å²) in [6.45, 7) is 3.60. The van der Waals surface area contributed by atoms with Crippen LogP contribution in [0.15, 0.2) is 55.1 Å². The van der Waals surface area contributed by atoms with Crippen LogP contribution < -0.4 is 15.4 Å². The third kappa shape index (κ3) is 8.68. The molecule has 37 heavy (non-hydrogen) atoms. The predicted molar refractivity (Wildman–Crippen MR) is 142 cm³/mol. The minimum absolute atomic E-state index is 0.432. The Balaban J connectivity index is 1.28. The lowest BCUT2D eigenvalue weighted by Crippen LogP contribution is -2.37. The number of aryl methyl sites for hydroxylation is 2. The summed E-state index contributed by atoms with van der Waals surface area (Å²) in [7, 11) is 0. The molecule has 10 heteroatoms. The number of anilines is 2. The fourth-order valence-electron chi connectivity index (χ4n) is 4.32. The molecule has 0 bridgehead atoms. The number of aliphatic carboxylic acids is 1. The van der Waals surface area contributed by atoms with Crippen LogP contribution >= 0.6 is 0 Å². The molecule has 0 radical (unpaired) electrons. The largest absolute Gasteiger partial charge is 0.480 e. The summed E-state index contributed by atoms with van der Waals surface area (Å²) < 4.78 is 5.80. The van der Waals surface area contributed by atoms with Crippen LogP contribution in [0.3, 0.4) is 0 Å². The number of hydrogen-bond donors (Lipinski definition) is 3. The zero-order chi connectivity index (χ0) is 25.7. The monoisotopic (exact) mass is 505 g/mol. The fourth-order valence-corrected chi connectivity index (χ4v) is 4.32. The van der Waals surface area contributed by atoms with E-state index in [1.807, 2.05) is 18.2 Å². The molecule has 0 aliphatic carbocycles. The van der Waals surface area contributed by atoms with Gasteiger partial charge in [-0.2, -0.15) is 0 Å². The highest BCUT2D eigenvalue weighted by atomic mass is 16.5. The lowest BCUT2D eigenvalue weighted by atomic mass is 10.1. The van der Waals surface area contributed by atoms with E-state index in [4.69, 9.17) is 9.72 Å². The van der Waals surface area contributed by atoms with Crippen molar-refractivity contribution in [3.05, 3.63) is 66.4 Å². The molecular weight excluding hydrogens is 470 g/mol. The van der Waals surface area contributed by atoms with Crippen LogP contribution in [-0.2, 0) is 17.6 Å². The molecule has 0 amide bonds. The van der Waals surface area contributed by atoms with Crippen LogP contribution in [0.4, 0.5) is 11.6 Å². The van der Waals surface area contributed by atoms with Crippen LogP contribution in [0.5, 0.6) is 5.88 Å². The fraction of sp³-hybridized carbons (Fsp3) is 0.444. The second-order valence-corrected chi connectivity index (χ2v) is 9.07. The van der Waals surface area contributed by atoms with Crippen molar-refractivity contribution in [2.24, 2.45) is 0 Å². The highest BCUT2D eigenvalue weighted by molar-refractivity contribution is 5.76. The number of fused-ring (bicyclic) bond motifs is 1. The zero-order valence-corrected chi connectivity index (χ0v) is 21.1. The number of carboxylic acid groups (broad SMARTS) is 1. The van der Waals surface area contributed by atoms with Gasteiger partial charge in [0.05, 0.1) is 0 Å². The van der Waals surface area contributed by atoms with Gasteiger partial charge in [0, 0.05) is 43.8 Å². The van der Waals surface area contributed by atoms with Gasteiger partial charge in [-0.15, -0.1) is 0 Å². The molecule has 10 nitrogen and oxygen atoms in total. The summed E-state index contributed by atoms with van der Waals surface area (Å²) in [6.07, 6.45) is 10.3. The van der Waals surface area contributed by atoms with Gasteiger partial charge in [0.15, 0.2) is 0 Å². The van der Waals surface area contributed by atoms with Crippen molar-refractivity contribution in [2.45, 2.75) is 44.6 Å². The molecule has 3 aromatic heterocycles. The maximum atomic E-state index is 11.9. The van der Waals surface area contributed by atoms with Crippen molar-refractivity contribution < 1.29 is 14.6 Å². The topological polar surface area (TPSA) is 125 Å². The number of unbranched alkanes of at least 4 members (excludes halogenated alkanes) is 1. The smallest absolute Gasteiger partial charge is 0.326 e. The first-order valence-electron chi connectivity index (χ1n) is 12.9. The van der Waals surface area contributed by atoms with Crippen molar-refractivity contribution in [3.8, 4) is 5.88 Å². The number of pyridine rings is 2. The quantitative estimate of drug-likeness (QED) is 0.265. The first-order valence-corrected chi connectivity index (χ1v) is 12.9. The number of nitrogens with one attached hydrogen (secondary N) is 2. The van der Waals surface area contributed by atoms with Gasteiger partial charge in [-0.3, -0.25) is 4.90 Å². The maximum Gasteiger partial charge on any atom is 0.326 e. The Kier molecular flexibility index (Phi) is 10.00. The molecule has 1 aliphatic rings. The van der Waals surface area contributed by atoms with Gasteiger partial charge in [0.2, 0.25) is 5.88 Å². The number of hydrogen-bond acceptors (Lipinski definition) is 9. The van der Waals surface area contributed by atoms with Crippen LogP contribution in [0.25, 0.3) is 0 Å². The second kappa shape index (κ2) is 14.1. The van der Waals surface area contributed by atoms with Gasteiger partial charge in [-0.25, -0.2) is 24.7 Å². The molecule has 0 saturated heterocycles. The summed E-state index contributed by atoms with van der Waals surface area (Å²) >= 11 is 0. The molecule has 3 N–H and O–H groups in total. The molecule has 1 aliphatic heterocycles. The molecule has 4 heterocycles. The van der Waals surface area contributed by atoms with Crippen LogP contribution in [0.1, 0.15) is 36.9 Å². The van der Waals surface area contributed by atoms with E-state index in [1.54, 1.807) is 18.5 Å². The average molecular weight is 506 g/mol. The Morgan fingerprint density at radius 3 is 2.86 bits per heavy atom. The van der Waals surface area contributed by atoms with Crippen LogP contribution in [0, 0.1) is 0 Å². The van der Waals surface area contributed by atoms with Gasteiger partial charge in [0.25, 0.3) is 0 Å². The zero-order valence-electron chi connectivity index (χ0n) is 21.1. The number of rotatable bonds is 15. The van der Waals surface area contributed by atoms with E-state index in [0.29, 0.717) is 37.8 Å². The van der Waals surface area contributed by atoms with Gasteiger partial charge in [0.1, 0.15) is 30.6 Å². The Morgan fingerprint density at radius 1 is 1.11 bits per heavy atom.